The number of hydrogen-bond donors (Lipinski definition) is 1. The number of nitrogens with one attached hydrogen (secondary N) is 1. The van der Waals surface area contributed by atoms with Crippen molar-refractivity contribution in [1.82, 2.24) is 14.7 Å². The fraction of sp³-hybridized carbons (Fsp3) is 0.312. The van der Waals surface area contributed by atoms with Gasteiger partial charge in [-0.1, -0.05) is 25.9 Å². The van der Waals surface area contributed by atoms with Gasteiger partial charge in [-0.3, -0.25) is 4.79 Å². The van der Waals surface area contributed by atoms with E-state index in [-0.39, 0.29) is 11.3 Å². The van der Waals surface area contributed by atoms with Gasteiger partial charge in [0.2, 0.25) is 0 Å². The lowest BCUT2D eigenvalue weighted by molar-refractivity contribution is 0.102. The summed E-state index contributed by atoms with van der Waals surface area (Å²) in [6, 6.07) is 7.26. The average Bonchev–Trinajstić information content (AvgIpc) is 3.06. The smallest absolute Gasteiger partial charge is 0.275 e. The van der Waals surface area contributed by atoms with E-state index in [0.29, 0.717) is 17.3 Å². The van der Waals surface area contributed by atoms with Crippen molar-refractivity contribution in [3.8, 4) is 0 Å². The molecule has 1 amide bonds. The standard InChI is InChI=1S/C16H18N4O2/c1-16(2,3)12-9-13(19-22-12)18-15(21)11-6-5-10-7-8-20(4)14(10)17-11/h5-9H,1-4H3,(H,18,19,21). The van der Waals surface area contributed by atoms with Crippen molar-refractivity contribution in [2.45, 2.75) is 26.2 Å². The second-order valence-corrected chi connectivity index (χ2v) is 6.32. The second-order valence-electron chi connectivity index (χ2n) is 6.32. The van der Waals surface area contributed by atoms with Gasteiger partial charge in [-0.2, -0.15) is 0 Å². The second kappa shape index (κ2) is 4.98. The molecule has 3 rings (SSSR count). The van der Waals surface area contributed by atoms with E-state index in [9.17, 15) is 4.79 Å². The molecule has 22 heavy (non-hydrogen) atoms. The van der Waals surface area contributed by atoms with Crippen LogP contribution in [0.1, 0.15) is 37.0 Å². The molecule has 0 radical (unpaired) electrons. The average molecular weight is 298 g/mol. The van der Waals surface area contributed by atoms with E-state index in [4.69, 9.17) is 4.52 Å². The van der Waals surface area contributed by atoms with Gasteiger partial charge in [0.25, 0.3) is 5.91 Å². The fourth-order valence-electron chi connectivity index (χ4n) is 2.13. The quantitative estimate of drug-likeness (QED) is 0.789. The number of aryl methyl sites for hydroxylation is 1. The van der Waals surface area contributed by atoms with Crippen LogP contribution in [0.3, 0.4) is 0 Å². The minimum Gasteiger partial charge on any atom is -0.359 e. The summed E-state index contributed by atoms with van der Waals surface area (Å²) < 4.78 is 7.13. The van der Waals surface area contributed by atoms with Crippen molar-refractivity contribution in [2.24, 2.45) is 7.05 Å². The molecule has 0 aliphatic carbocycles. The van der Waals surface area contributed by atoms with Crippen LogP contribution in [0, 0.1) is 0 Å². The molecular formula is C16H18N4O2. The Morgan fingerprint density at radius 3 is 2.73 bits per heavy atom. The van der Waals surface area contributed by atoms with Crippen molar-refractivity contribution in [2.75, 3.05) is 5.32 Å². The molecule has 0 fully saturated rings. The minimum atomic E-state index is -0.308. The molecule has 114 valence electrons. The summed E-state index contributed by atoms with van der Waals surface area (Å²) in [5.41, 5.74) is 0.952. The van der Waals surface area contributed by atoms with Gasteiger partial charge in [0.05, 0.1) is 0 Å². The molecule has 0 bridgehead atoms. The molecule has 3 aromatic rings. The maximum Gasteiger partial charge on any atom is 0.275 e. The normalized spacial score (nSPS) is 11.8. The predicted octanol–water partition coefficient (Wildman–Crippen LogP) is 3.11. The zero-order valence-corrected chi connectivity index (χ0v) is 13.0. The molecule has 6 nitrogen and oxygen atoms in total. The molecule has 0 saturated heterocycles. The molecule has 0 spiro atoms. The Hall–Kier alpha value is -2.63. The number of amides is 1. The molecular weight excluding hydrogens is 280 g/mol. The van der Waals surface area contributed by atoms with Gasteiger partial charge in [0, 0.05) is 30.1 Å². The van der Waals surface area contributed by atoms with Crippen LogP contribution in [0.5, 0.6) is 0 Å². The maximum absolute atomic E-state index is 12.3. The first-order valence-electron chi connectivity index (χ1n) is 7.05. The van der Waals surface area contributed by atoms with Crippen LogP contribution in [0.15, 0.2) is 35.0 Å². The number of aromatic nitrogens is 3. The van der Waals surface area contributed by atoms with E-state index in [1.807, 2.05) is 50.7 Å². The highest BCUT2D eigenvalue weighted by Crippen LogP contribution is 2.24. The van der Waals surface area contributed by atoms with Crippen LogP contribution in [0.25, 0.3) is 11.0 Å². The summed E-state index contributed by atoms with van der Waals surface area (Å²) >= 11 is 0. The highest BCUT2D eigenvalue weighted by Gasteiger charge is 2.20. The summed E-state index contributed by atoms with van der Waals surface area (Å²) in [5.74, 6) is 0.800. The molecule has 0 aromatic carbocycles. The van der Waals surface area contributed by atoms with E-state index in [2.05, 4.69) is 15.5 Å². The van der Waals surface area contributed by atoms with E-state index in [1.165, 1.54) is 0 Å². The van der Waals surface area contributed by atoms with E-state index in [1.54, 1.807) is 12.1 Å². The lowest BCUT2D eigenvalue weighted by Gasteiger charge is -2.12. The van der Waals surface area contributed by atoms with Crippen molar-refractivity contribution in [3.05, 3.63) is 41.9 Å². The molecule has 0 saturated carbocycles. The first kappa shape index (κ1) is 14.3. The number of carbonyl (C=O) groups is 1. The van der Waals surface area contributed by atoms with Gasteiger partial charge in [-0.05, 0) is 18.2 Å². The Morgan fingerprint density at radius 1 is 1.27 bits per heavy atom. The summed E-state index contributed by atoms with van der Waals surface area (Å²) in [4.78, 5) is 16.7. The number of rotatable bonds is 2. The van der Waals surface area contributed by atoms with Crippen molar-refractivity contribution < 1.29 is 9.32 Å². The first-order chi connectivity index (χ1) is 10.3. The van der Waals surface area contributed by atoms with Gasteiger partial charge in [0.15, 0.2) is 5.82 Å². The van der Waals surface area contributed by atoms with Crippen LogP contribution in [0.4, 0.5) is 5.82 Å². The largest absolute Gasteiger partial charge is 0.359 e. The van der Waals surface area contributed by atoms with Crippen molar-refractivity contribution >= 4 is 22.8 Å². The summed E-state index contributed by atoms with van der Waals surface area (Å²) in [6.45, 7) is 6.05. The number of pyridine rings is 1. The van der Waals surface area contributed by atoms with E-state index >= 15 is 0 Å². The van der Waals surface area contributed by atoms with Crippen molar-refractivity contribution in [1.29, 1.82) is 0 Å². The van der Waals surface area contributed by atoms with Crippen LogP contribution >= 0.6 is 0 Å². The minimum absolute atomic E-state index is 0.157. The number of anilines is 1. The number of nitrogens with zero attached hydrogens (tertiary/aromatic N) is 3. The number of fused-ring (bicyclic) bond motifs is 1. The fourth-order valence-corrected chi connectivity index (χ4v) is 2.13. The van der Waals surface area contributed by atoms with Gasteiger partial charge in [0.1, 0.15) is 17.1 Å². The highest BCUT2D eigenvalue weighted by atomic mass is 16.5. The van der Waals surface area contributed by atoms with Crippen LogP contribution in [0.2, 0.25) is 0 Å². The topological polar surface area (TPSA) is 73.0 Å². The van der Waals surface area contributed by atoms with Gasteiger partial charge >= 0.3 is 0 Å². The van der Waals surface area contributed by atoms with Crippen molar-refractivity contribution in [3.63, 3.8) is 0 Å². The Morgan fingerprint density at radius 2 is 2.05 bits per heavy atom. The van der Waals surface area contributed by atoms with Crippen LogP contribution in [-0.2, 0) is 12.5 Å². The monoisotopic (exact) mass is 298 g/mol. The summed E-state index contributed by atoms with van der Waals surface area (Å²) in [5, 5.41) is 7.59. The first-order valence-corrected chi connectivity index (χ1v) is 7.05. The Balaban J connectivity index is 1.83. The zero-order valence-electron chi connectivity index (χ0n) is 13.0. The predicted molar refractivity (Wildman–Crippen MR) is 83.9 cm³/mol. The molecule has 0 aliphatic heterocycles. The maximum atomic E-state index is 12.3. The Kier molecular flexibility index (Phi) is 3.24. The SMILES string of the molecule is Cn1ccc2ccc(C(=O)Nc3cc(C(C)(C)C)on3)nc21. The molecule has 0 aliphatic rings. The molecule has 0 atom stereocenters. The third kappa shape index (κ3) is 2.59. The van der Waals surface area contributed by atoms with E-state index < -0.39 is 0 Å². The number of hydrogen-bond acceptors (Lipinski definition) is 4. The lowest BCUT2D eigenvalue weighted by Crippen LogP contribution is -2.14. The molecule has 6 heteroatoms. The third-order valence-corrected chi connectivity index (χ3v) is 3.44. The molecule has 3 aromatic heterocycles. The van der Waals surface area contributed by atoms with E-state index in [0.717, 1.165) is 11.0 Å². The molecule has 3 heterocycles. The highest BCUT2D eigenvalue weighted by molar-refractivity contribution is 6.03. The van der Waals surface area contributed by atoms with Crippen LogP contribution < -0.4 is 5.32 Å². The third-order valence-electron chi connectivity index (χ3n) is 3.44. The Labute approximate surface area is 128 Å². The molecule has 1 N–H and O–H groups in total. The van der Waals surface area contributed by atoms with Crippen LogP contribution in [-0.4, -0.2) is 20.6 Å². The lowest BCUT2D eigenvalue weighted by atomic mass is 9.93. The zero-order chi connectivity index (χ0) is 15.9. The van der Waals surface area contributed by atoms with Gasteiger partial charge in [-0.15, -0.1) is 0 Å². The van der Waals surface area contributed by atoms with Gasteiger partial charge < -0.3 is 14.4 Å². The molecule has 0 unspecified atom stereocenters. The Bertz CT molecular complexity index is 839. The van der Waals surface area contributed by atoms with Gasteiger partial charge in [-0.25, -0.2) is 4.98 Å². The summed E-state index contributed by atoms with van der Waals surface area (Å²) in [6.07, 6.45) is 1.91. The summed E-state index contributed by atoms with van der Waals surface area (Å²) in [7, 11) is 1.89. The number of carbonyl (C=O) groups excluding carboxylic acids is 1.